The van der Waals surface area contributed by atoms with Crippen molar-refractivity contribution in [2.75, 3.05) is 0 Å². The molecule has 0 radical (unpaired) electrons. The minimum absolute atomic E-state index is 0.332. The standard InChI is InChI=1S/C16H14N3/c1-4-12-10-17-7-2-6-14(17)16-15(12)13(5-1)11-18-8-3-9-19(16)18/h1-9,16H,10-11H2/q+1/t16-/m0/s1. The summed E-state index contributed by atoms with van der Waals surface area (Å²) >= 11 is 0. The predicted molar refractivity (Wildman–Crippen MR) is 70.9 cm³/mol. The molecule has 3 nitrogen and oxygen atoms in total. The Balaban J connectivity index is 1.89. The van der Waals surface area contributed by atoms with Gasteiger partial charge < -0.3 is 4.57 Å². The van der Waals surface area contributed by atoms with E-state index in [0.29, 0.717) is 6.04 Å². The van der Waals surface area contributed by atoms with Gasteiger partial charge in [0.25, 0.3) is 0 Å². The molecule has 0 N–H and O–H groups in total. The van der Waals surface area contributed by atoms with Crippen molar-refractivity contribution in [3.63, 3.8) is 0 Å². The smallest absolute Gasteiger partial charge is 0.247 e. The minimum atomic E-state index is 0.332. The molecule has 3 aromatic rings. The van der Waals surface area contributed by atoms with E-state index in [0.717, 1.165) is 13.1 Å². The van der Waals surface area contributed by atoms with Crippen molar-refractivity contribution >= 4 is 0 Å². The van der Waals surface area contributed by atoms with E-state index in [2.05, 4.69) is 68.9 Å². The summed E-state index contributed by atoms with van der Waals surface area (Å²) in [5.41, 5.74) is 5.84. The Labute approximate surface area is 111 Å². The summed E-state index contributed by atoms with van der Waals surface area (Å²) < 4.78 is 7.03. The highest BCUT2D eigenvalue weighted by Gasteiger charge is 2.39. The molecule has 3 heteroatoms. The van der Waals surface area contributed by atoms with Crippen molar-refractivity contribution in [1.82, 2.24) is 9.25 Å². The van der Waals surface area contributed by atoms with Crippen LogP contribution in [0, 0.1) is 0 Å². The first-order valence-corrected chi connectivity index (χ1v) is 6.74. The Bertz CT molecular complexity index is 731. The van der Waals surface area contributed by atoms with Gasteiger partial charge in [0.15, 0.2) is 6.20 Å². The zero-order chi connectivity index (χ0) is 12.4. The first-order valence-electron chi connectivity index (χ1n) is 6.74. The molecular formula is C16H14N3+. The summed E-state index contributed by atoms with van der Waals surface area (Å²) in [6.07, 6.45) is 6.54. The zero-order valence-corrected chi connectivity index (χ0v) is 10.5. The third-order valence-corrected chi connectivity index (χ3v) is 4.44. The van der Waals surface area contributed by atoms with Crippen molar-refractivity contribution in [3.05, 3.63) is 77.4 Å². The molecule has 4 heterocycles. The van der Waals surface area contributed by atoms with Crippen LogP contribution < -0.4 is 4.68 Å². The molecule has 19 heavy (non-hydrogen) atoms. The van der Waals surface area contributed by atoms with Gasteiger partial charge in [-0.15, -0.1) is 4.68 Å². The van der Waals surface area contributed by atoms with E-state index >= 15 is 0 Å². The zero-order valence-electron chi connectivity index (χ0n) is 10.5. The number of benzene rings is 1. The van der Waals surface area contributed by atoms with Crippen molar-refractivity contribution in [3.8, 4) is 0 Å². The Kier molecular flexibility index (Phi) is 1.61. The highest BCUT2D eigenvalue weighted by Crippen LogP contribution is 2.35. The summed E-state index contributed by atoms with van der Waals surface area (Å²) in [6, 6.07) is 13.6. The molecule has 0 aliphatic carbocycles. The van der Waals surface area contributed by atoms with Crippen LogP contribution in [0.25, 0.3) is 0 Å². The molecule has 2 aliphatic heterocycles. The molecule has 92 valence electrons. The van der Waals surface area contributed by atoms with E-state index in [4.69, 9.17) is 0 Å². The molecule has 1 aromatic carbocycles. The summed E-state index contributed by atoms with van der Waals surface area (Å²) in [7, 11) is 0. The van der Waals surface area contributed by atoms with Gasteiger partial charge in [-0.2, -0.15) is 4.68 Å². The van der Waals surface area contributed by atoms with Crippen LogP contribution in [0.2, 0.25) is 0 Å². The molecule has 0 saturated heterocycles. The van der Waals surface area contributed by atoms with Gasteiger partial charge in [-0.1, -0.05) is 18.2 Å². The Hall–Kier alpha value is -2.29. The molecular weight excluding hydrogens is 234 g/mol. The van der Waals surface area contributed by atoms with Gasteiger partial charge in [0, 0.05) is 24.4 Å². The molecule has 1 atom stereocenters. The van der Waals surface area contributed by atoms with Gasteiger partial charge in [0.1, 0.15) is 6.54 Å². The van der Waals surface area contributed by atoms with E-state index in [1.165, 1.54) is 22.4 Å². The maximum atomic E-state index is 2.37. The SMILES string of the molecule is c1cc2c3c(c1)Cn1ccc[n+]1[C@H]3c1cccn1C2. The second-order valence-corrected chi connectivity index (χ2v) is 5.42. The maximum absolute atomic E-state index is 2.37. The predicted octanol–water partition coefficient (Wildman–Crippen LogP) is 1.94. The minimum Gasteiger partial charge on any atom is -0.341 e. The van der Waals surface area contributed by atoms with Crippen molar-refractivity contribution in [1.29, 1.82) is 0 Å². The van der Waals surface area contributed by atoms with Gasteiger partial charge in [-0.25, -0.2) is 0 Å². The quantitative estimate of drug-likeness (QED) is 0.372. The lowest BCUT2D eigenvalue weighted by Gasteiger charge is -2.29. The molecule has 0 spiro atoms. The van der Waals surface area contributed by atoms with Crippen LogP contribution in [0.15, 0.2) is 55.0 Å². The van der Waals surface area contributed by atoms with E-state index in [1.807, 2.05) is 0 Å². The fraction of sp³-hybridized carbons (Fsp3) is 0.188. The van der Waals surface area contributed by atoms with Gasteiger partial charge in [0.2, 0.25) is 6.04 Å². The maximum Gasteiger partial charge on any atom is 0.247 e. The average Bonchev–Trinajstić information content (AvgIpc) is 3.05. The van der Waals surface area contributed by atoms with Gasteiger partial charge in [-0.05, 0) is 23.3 Å². The highest BCUT2D eigenvalue weighted by atomic mass is 15.4. The van der Waals surface area contributed by atoms with E-state index in [1.54, 1.807) is 0 Å². The van der Waals surface area contributed by atoms with Crippen LogP contribution >= 0.6 is 0 Å². The van der Waals surface area contributed by atoms with E-state index < -0.39 is 0 Å². The normalized spacial score (nSPS) is 18.6. The fourth-order valence-corrected chi connectivity index (χ4v) is 3.64. The number of fused-ring (bicyclic) bond motifs is 4. The molecule has 2 aromatic heterocycles. The number of rotatable bonds is 0. The molecule has 0 bridgehead atoms. The lowest BCUT2D eigenvalue weighted by Crippen LogP contribution is -2.53. The van der Waals surface area contributed by atoms with Crippen LogP contribution in [0.1, 0.15) is 28.4 Å². The van der Waals surface area contributed by atoms with Crippen molar-refractivity contribution in [2.24, 2.45) is 0 Å². The molecule has 0 amide bonds. The van der Waals surface area contributed by atoms with Crippen LogP contribution in [-0.4, -0.2) is 9.25 Å². The second-order valence-electron chi connectivity index (χ2n) is 5.42. The Morgan fingerprint density at radius 2 is 1.84 bits per heavy atom. The first-order chi connectivity index (χ1) is 9.42. The Morgan fingerprint density at radius 1 is 0.947 bits per heavy atom. The van der Waals surface area contributed by atoms with Crippen molar-refractivity contribution < 1.29 is 4.68 Å². The van der Waals surface area contributed by atoms with E-state index in [-0.39, 0.29) is 0 Å². The Morgan fingerprint density at radius 3 is 2.79 bits per heavy atom. The highest BCUT2D eigenvalue weighted by molar-refractivity contribution is 5.44. The van der Waals surface area contributed by atoms with Crippen molar-refractivity contribution in [2.45, 2.75) is 19.1 Å². The lowest BCUT2D eigenvalue weighted by atomic mass is 9.89. The average molecular weight is 248 g/mol. The molecule has 0 unspecified atom stereocenters. The first kappa shape index (κ1) is 9.62. The molecule has 2 aliphatic rings. The van der Waals surface area contributed by atoms with Gasteiger partial charge >= 0.3 is 0 Å². The molecule has 0 saturated carbocycles. The van der Waals surface area contributed by atoms with Crippen LogP contribution in [0.5, 0.6) is 0 Å². The lowest BCUT2D eigenvalue weighted by molar-refractivity contribution is -0.785. The monoisotopic (exact) mass is 248 g/mol. The molecule has 0 fully saturated rings. The van der Waals surface area contributed by atoms with Crippen LogP contribution in [0.4, 0.5) is 0 Å². The number of hydrogen-bond donors (Lipinski definition) is 0. The van der Waals surface area contributed by atoms with Crippen LogP contribution in [-0.2, 0) is 13.1 Å². The van der Waals surface area contributed by atoms with Gasteiger partial charge in [0.05, 0.1) is 11.9 Å². The number of hydrogen-bond acceptors (Lipinski definition) is 0. The third-order valence-electron chi connectivity index (χ3n) is 4.44. The molecule has 5 rings (SSSR count). The summed E-state index contributed by atoms with van der Waals surface area (Å²) in [5.74, 6) is 0. The summed E-state index contributed by atoms with van der Waals surface area (Å²) in [6.45, 7) is 1.98. The number of nitrogens with zero attached hydrogens (tertiary/aromatic N) is 3. The summed E-state index contributed by atoms with van der Waals surface area (Å²) in [5, 5.41) is 0. The van der Waals surface area contributed by atoms with Crippen LogP contribution in [0.3, 0.4) is 0 Å². The fourth-order valence-electron chi connectivity index (χ4n) is 3.64. The second kappa shape index (κ2) is 3.18. The number of aromatic nitrogens is 3. The third kappa shape index (κ3) is 1.10. The topological polar surface area (TPSA) is 13.7 Å². The largest absolute Gasteiger partial charge is 0.341 e. The van der Waals surface area contributed by atoms with E-state index in [9.17, 15) is 0 Å². The van der Waals surface area contributed by atoms with Gasteiger partial charge in [-0.3, -0.25) is 0 Å². The summed E-state index contributed by atoms with van der Waals surface area (Å²) in [4.78, 5) is 0.